The minimum Gasteiger partial charge on any atom is -0.487 e. The van der Waals surface area contributed by atoms with Crippen molar-refractivity contribution in [2.45, 2.75) is 12.5 Å². The molecule has 14 heavy (non-hydrogen) atoms. The molecule has 0 radical (unpaired) electrons. The highest BCUT2D eigenvalue weighted by molar-refractivity contribution is 5.47. The monoisotopic (exact) mass is 190 g/mol. The molecule has 3 nitrogen and oxygen atoms in total. The summed E-state index contributed by atoms with van der Waals surface area (Å²) in [6.45, 7) is 5.67. The summed E-state index contributed by atoms with van der Waals surface area (Å²) >= 11 is 0. The Morgan fingerprint density at radius 2 is 2.50 bits per heavy atom. The highest BCUT2D eigenvalue weighted by atomic mass is 16.5. The molecule has 0 spiro atoms. The third-order valence-electron chi connectivity index (χ3n) is 2.29. The highest BCUT2D eigenvalue weighted by Crippen LogP contribution is 2.15. The van der Waals surface area contributed by atoms with Gasteiger partial charge in [-0.3, -0.25) is 4.98 Å². The number of nitrogens with zero attached hydrogens (tertiary/aromatic N) is 1. The van der Waals surface area contributed by atoms with Crippen molar-refractivity contribution in [3.8, 4) is 5.75 Å². The van der Waals surface area contributed by atoms with Crippen LogP contribution in [0, 0.1) is 0 Å². The Balaban J connectivity index is 2.04. The third-order valence-corrected chi connectivity index (χ3v) is 2.29. The van der Waals surface area contributed by atoms with E-state index in [1.165, 1.54) is 0 Å². The fraction of sp³-hybridized carbons (Fsp3) is 0.364. The lowest BCUT2D eigenvalue weighted by atomic mass is 10.2. The van der Waals surface area contributed by atoms with Gasteiger partial charge < -0.3 is 10.1 Å². The van der Waals surface area contributed by atoms with Crippen LogP contribution in [0.25, 0.3) is 6.08 Å². The van der Waals surface area contributed by atoms with Crippen molar-refractivity contribution in [1.82, 2.24) is 10.3 Å². The molecule has 1 atom stereocenters. The molecule has 74 valence electrons. The standard InChI is InChI=1S/C11H14N2O/c1-2-9-5-11(8-13-6-9)14-10-3-4-12-7-10/h2,5-6,8,10,12H,1,3-4,7H2. The van der Waals surface area contributed by atoms with Crippen LogP contribution >= 0.6 is 0 Å². The van der Waals surface area contributed by atoms with Gasteiger partial charge >= 0.3 is 0 Å². The van der Waals surface area contributed by atoms with Gasteiger partial charge in [0.15, 0.2) is 0 Å². The Labute approximate surface area is 83.8 Å². The number of ether oxygens (including phenoxy) is 1. The fourth-order valence-corrected chi connectivity index (χ4v) is 1.53. The molecule has 2 rings (SSSR count). The van der Waals surface area contributed by atoms with Crippen molar-refractivity contribution in [3.05, 3.63) is 30.6 Å². The topological polar surface area (TPSA) is 34.1 Å². The van der Waals surface area contributed by atoms with Gasteiger partial charge in [0.25, 0.3) is 0 Å². The summed E-state index contributed by atoms with van der Waals surface area (Å²) in [4.78, 5) is 4.08. The van der Waals surface area contributed by atoms with Crippen LogP contribution in [0.2, 0.25) is 0 Å². The van der Waals surface area contributed by atoms with E-state index in [-0.39, 0.29) is 6.10 Å². The van der Waals surface area contributed by atoms with E-state index in [4.69, 9.17) is 4.74 Å². The molecule has 1 aromatic rings. The van der Waals surface area contributed by atoms with E-state index in [0.29, 0.717) is 0 Å². The second kappa shape index (κ2) is 4.24. The van der Waals surface area contributed by atoms with E-state index in [0.717, 1.165) is 30.8 Å². The lowest BCUT2D eigenvalue weighted by Crippen LogP contribution is -2.19. The van der Waals surface area contributed by atoms with Crippen LogP contribution in [-0.2, 0) is 0 Å². The first kappa shape index (κ1) is 9.21. The predicted molar refractivity (Wildman–Crippen MR) is 56.2 cm³/mol. The molecule has 3 heteroatoms. The van der Waals surface area contributed by atoms with Crippen LogP contribution < -0.4 is 10.1 Å². The number of rotatable bonds is 3. The molecular formula is C11H14N2O. The SMILES string of the molecule is C=Cc1cncc(OC2CCNC2)c1. The summed E-state index contributed by atoms with van der Waals surface area (Å²) in [6.07, 6.45) is 6.64. The summed E-state index contributed by atoms with van der Waals surface area (Å²) < 4.78 is 5.74. The third kappa shape index (κ3) is 2.12. The summed E-state index contributed by atoms with van der Waals surface area (Å²) in [6, 6.07) is 1.96. The van der Waals surface area contributed by atoms with E-state index in [9.17, 15) is 0 Å². The van der Waals surface area contributed by atoms with Gasteiger partial charge in [-0.15, -0.1) is 0 Å². The molecule has 1 aliphatic rings. The molecule has 1 aliphatic heterocycles. The molecule has 1 N–H and O–H groups in total. The van der Waals surface area contributed by atoms with Crippen LogP contribution in [0.4, 0.5) is 0 Å². The predicted octanol–water partition coefficient (Wildman–Crippen LogP) is 1.47. The summed E-state index contributed by atoms with van der Waals surface area (Å²) in [5, 5.41) is 3.26. The van der Waals surface area contributed by atoms with Crippen molar-refractivity contribution in [3.63, 3.8) is 0 Å². The summed E-state index contributed by atoms with van der Waals surface area (Å²) in [5.41, 5.74) is 0.994. The summed E-state index contributed by atoms with van der Waals surface area (Å²) in [5.74, 6) is 0.830. The zero-order valence-electron chi connectivity index (χ0n) is 8.07. The van der Waals surface area contributed by atoms with Gasteiger partial charge in [-0.2, -0.15) is 0 Å². The first-order valence-electron chi connectivity index (χ1n) is 4.83. The molecule has 0 amide bonds. The van der Waals surface area contributed by atoms with Gasteiger partial charge in [0, 0.05) is 12.7 Å². The van der Waals surface area contributed by atoms with Gasteiger partial charge in [-0.05, 0) is 24.6 Å². The Kier molecular flexibility index (Phi) is 2.79. The zero-order chi connectivity index (χ0) is 9.80. The van der Waals surface area contributed by atoms with Crippen LogP contribution in [0.15, 0.2) is 25.0 Å². The number of nitrogens with one attached hydrogen (secondary N) is 1. The number of aromatic nitrogens is 1. The Morgan fingerprint density at radius 3 is 3.21 bits per heavy atom. The minimum atomic E-state index is 0.289. The zero-order valence-corrected chi connectivity index (χ0v) is 8.07. The van der Waals surface area contributed by atoms with Crippen molar-refractivity contribution < 1.29 is 4.74 Å². The van der Waals surface area contributed by atoms with E-state index >= 15 is 0 Å². The van der Waals surface area contributed by atoms with E-state index in [1.54, 1.807) is 18.5 Å². The van der Waals surface area contributed by atoms with Gasteiger partial charge in [-0.25, -0.2) is 0 Å². The molecule has 0 aliphatic carbocycles. The quantitative estimate of drug-likeness (QED) is 0.783. The van der Waals surface area contributed by atoms with Crippen molar-refractivity contribution >= 4 is 6.08 Å². The number of hydrogen-bond donors (Lipinski definition) is 1. The lowest BCUT2D eigenvalue weighted by Gasteiger charge is -2.11. The second-order valence-electron chi connectivity index (χ2n) is 3.39. The van der Waals surface area contributed by atoms with Crippen LogP contribution in [-0.4, -0.2) is 24.2 Å². The van der Waals surface area contributed by atoms with Crippen LogP contribution in [0.3, 0.4) is 0 Å². The molecule has 1 fully saturated rings. The largest absolute Gasteiger partial charge is 0.487 e. The second-order valence-corrected chi connectivity index (χ2v) is 3.39. The van der Waals surface area contributed by atoms with Gasteiger partial charge in [0.1, 0.15) is 11.9 Å². The molecule has 2 heterocycles. The molecule has 0 saturated carbocycles. The van der Waals surface area contributed by atoms with Crippen molar-refractivity contribution in [1.29, 1.82) is 0 Å². The highest BCUT2D eigenvalue weighted by Gasteiger charge is 2.15. The van der Waals surface area contributed by atoms with Crippen LogP contribution in [0.1, 0.15) is 12.0 Å². The van der Waals surface area contributed by atoms with Crippen LogP contribution in [0.5, 0.6) is 5.75 Å². The maximum atomic E-state index is 5.74. The van der Waals surface area contributed by atoms with Gasteiger partial charge in [0.2, 0.25) is 0 Å². The number of hydrogen-bond acceptors (Lipinski definition) is 3. The first-order chi connectivity index (χ1) is 6.88. The fourth-order valence-electron chi connectivity index (χ4n) is 1.53. The maximum absolute atomic E-state index is 5.74. The van der Waals surface area contributed by atoms with E-state index in [1.807, 2.05) is 6.07 Å². The lowest BCUT2D eigenvalue weighted by molar-refractivity contribution is 0.222. The van der Waals surface area contributed by atoms with E-state index in [2.05, 4.69) is 16.9 Å². The molecule has 0 aromatic carbocycles. The molecule has 1 saturated heterocycles. The number of pyridine rings is 1. The van der Waals surface area contributed by atoms with Crippen molar-refractivity contribution in [2.24, 2.45) is 0 Å². The first-order valence-corrected chi connectivity index (χ1v) is 4.83. The van der Waals surface area contributed by atoms with Crippen molar-refractivity contribution in [2.75, 3.05) is 13.1 Å². The molecule has 1 unspecified atom stereocenters. The average Bonchev–Trinajstić information content (AvgIpc) is 2.71. The Hall–Kier alpha value is -1.35. The average molecular weight is 190 g/mol. The molecular weight excluding hydrogens is 176 g/mol. The Morgan fingerprint density at radius 1 is 1.57 bits per heavy atom. The Bertz CT molecular complexity index is 319. The smallest absolute Gasteiger partial charge is 0.138 e. The summed E-state index contributed by atoms with van der Waals surface area (Å²) in [7, 11) is 0. The maximum Gasteiger partial charge on any atom is 0.138 e. The van der Waals surface area contributed by atoms with E-state index < -0.39 is 0 Å². The minimum absolute atomic E-state index is 0.289. The van der Waals surface area contributed by atoms with Gasteiger partial charge in [-0.1, -0.05) is 12.7 Å². The molecule has 1 aromatic heterocycles. The normalized spacial score (nSPS) is 20.7. The van der Waals surface area contributed by atoms with Gasteiger partial charge in [0.05, 0.1) is 6.20 Å². The molecule has 0 bridgehead atoms.